The lowest BCUT2D eigenvalue weighted by atomic mass is 9.92. The highest BCUT2D eigenvalue weighted by atomic mass is 16.5. The van der Waals surface area contributed by atoms with Crippen LogP contribution in [0.15, 0.2) is 46.3 Å². The summed E-state index contributed by atoms with van der Waals surface area (Å²) >= 11 is 0. The maximum absolute atomic E-state index is 13.1. The van der Waals surface area contributed by atoms with Crippen LogP contribution in [0.1, 0.15) is 87.9 Å². The Kier molecular flexibility index (Phi) is 11.5. The van der Waals surface area contributed by atoms with Crippen molar-refractivity contribution in [1.29, 1.82) is 0 Å². The summed E-state index contributed by atoms with van der Waals surface area (Å²) in [5, 5.41) is 5.73. The number of ketones is 2. The first-order chi connectivity index (χ1) is 26.0. The minimum absolute atomic E-state index is 0.0702. The number of Topliss-reactive ketones (excluding diaryl/α,β-unsaturated/α-hetero) is 2. The molecule has 2 N–H and O–H groups in total. The first-order valence-corrected chi connectivity index (χ1v) is 18.1. The summed E-state index contributed by atoms with van der Waals surface area (Å²) < 4.78 is 13.0. The highest BCUT2D eigenvalue weighted by molar-refractivity contribution is 6.23. The number of hydrogen-bond donors (Lipinski definition) is 2. The number of aliphatic imine (C=N–C) groups is 1. The van der Waals surface area contributed by atoms with Gasteiger partial charge in [0.1, 0.15) is 17.3 Å². The number of benzene rings is 2. The molecule has 2 aromatic carbocycles. The number of methoxy groups -OCH3 is 2. The molecule has 1 atom stereocenters. The molecule has 2 aliphatic heterocycles. The summed E-state index contributed by atoms with van der Waals surface area (Å²) in [5.74, 6) is -0.756. The van der Waals surface area contributed by atoms with Crippen LogP contribution >= 0.6 is 0 Å². The molecule has 1 aliphatic carbocycles. The number of rotatable bonds is 15. The number of amides is 4. The lowest BCUT2D eigenvalue weighted by Gasteiger charge is -2.27. The summed E-state index contributed by atoms with van der Waals surface area (Å²) in [6.45, 7) is 1.11. The fourth-order valence-electron chi connectivity index (χ4n) is 7.24. The van der Waals surface area contributed by atoms with Crippen molar-refractivity contribution in [1.82, 2.24) is 20.1 Å². The Morgan fingerprint density at radius 3 is 2.22 bits per heavy atom. The number of carbonyl (C=O) groups is 6. The Bertz CT molecular complexity index is 2110. The van der Waals surface area contributed by atoms with E-state index >= 15 is 0 Å². The van der Waals surface area contributed by atoms with E-state index in [1.165, 1.54) is 0 Å². The second kappa shape index (κ2) is 16.4. The van der Waals surface area contributed by atoms with E-state index in [2.05, 4.69) is 15.6 Å². The van der Waals surface area contributed by atoms with Gasteiger partial charge in [-0.15, -0.1) is 0 Å². The number of aromatic nitrogens is 1. The zero-order valence-electron chi connectivity index (χ0n) is 30.6. The predicted molar refractivity (Wildman–Crippen MR) is 198 cm³/mol. The summed E-state index contributed by atoms with van der Waals surface area (Å²) in [7, 11) is 4.88. The van der Waals surface area contributed by atoms with Crippen molar-refractivity contribution in [2.45, 2.75) is 70.4 Å². The monoisotopic (exact) mass is 737 g/mol. The maximum atomic E-state index is 13.1. The van der Waals surface area contributed by atoms with Gasteiger partial charge in [0.2, 0.25) is 11.8 Å². The van der Waals surface area contributed by atoms with E-state index < -0.39 is 23.6 Å². The minimum atomic E-state index is -0.927. The van der Waals surface area contributed by atoms with Crippen LogP contribution in [0.2, 0.25) is 0 Å². The molecule has 0 saturated heterocycles. The van der Waals surface area contributed by atoms with Crippen LogP contribution in [0.3, 0.4) is 0 Å². The normalized spacial score (nSPS) is 16.1. The third-order valence-electron chi connectivity index (χ3n) is 10.1. The van der Waals surface area contributed by atoms with Gasteiger partial charge in [0.05, 0.1) is 44.4 Å². The molecule has 54 heavy (non-hydrogen) atoms. The molecule has 1 saturated carbocycles. The van der Waals surface area contributed by atoms with Gasteiger partial charge in [-0.1, -0.05) is 6.07 Å². The number of ether oxygens (including phenoxy) is 2. The van der Waals surface area contributed by atoms with Gasteiger partial charge in [-0.25, -0.2) is 0 Å². The number of fused-ring (bicyclic) bond motifs is 2. The standard InChI is InChI=1S/C40H43N5O9/c1-44-22-31(29-20-41-21-30(29)38(44)50)24-17-34(53-2)27(35(18-24)54-3)6-4-7-36(48)42-14-5-15-43-37(49)13-9-23-8-11-26-28(16-23)40(52)45(39(26)51)32-12-10-25(46)19-33(32)47/h8,11,16-18,20,22,32H,4-7,9-10,12-15,19,21H2,1-3H3,(H,42,48)(H,43,49). The number of aryl methyl sites for hydroxylation is 2. The molecule has 0 spiro atoms. The molecule has 282 valence electrons. The summed E-state index contributed by atoms with van der Waals surface area (Å²) in [4.78, 5) is 93.0. The van der Waals surface area contributed by atoms with Crippen LogP contribution in [0.5, 0.6) is 11.5 Å². The number of nitrogens with zero attached hydrogens (tertiary/aromatic N) is 3. The molecule has 0 radical (unpaired) electrons. The van der Waals surface area contributed by atoms with Gasteiger partial charge in [-0.05, 0) is 67.5 Å². The van der Waals surface area contributed by atoms with Gasteiger partial charge < -0.3 is 24.7 Å². The molecular formula is C40H43N5O9. The highest BCUT2D eigenvalue weighted by Gasteiger charge is 2.44. The minimum Gasteiger partial charge on any atom is -0.496 e. The second-order valence-corrected chi connectivity index (χ2v) is 13.7. The molecule has 3 aromatic rings. The zero-order chi connectivity index (χ0) is 38.5. The molecule has 1 aromatic heterocycles. The van der Waals surface area contributed by atoms with Crippen LogP contribution in [-0.2, 0) is 45.6 Å². The number of carbonyl (C=O) groups excluding carboxylic acids is 6. The van der Waals surface area contributed by atoms with Crippen molar-refractivity contribution < 1.29 is 38.2 Å². The van der Waals surface area contributed by atoms with Crippen molar-refractivity contribution in [2.24, 2.45) is 12.0 Å². The molecule has 6 rings (SSSR count). The SMILES string of the molecule is COc1cc(-c2cn(C)c(=O)c3c2C=NC3)cc(OC)c1CCCC(=O)NCCCNC(=O)CCc1ccc2c(c1)C(=O)N(C1CCC(=O)CC1=O)C2=O. The van der Waals surface area contributed by atoms with Crippen LogP contribution in [-0.4, -0.2) is 84.2 Å². The van der Waals surface area contributed by atoms with Crippen LogP contribution in [0.4, 0.5) is 0 Å². The van der Waals surface area contributed by atoms with E-state index in [1.54, 1.807) is 56.4 Å². The lowest BCUT2D eigenvalue weighted by molar-refractivity contribution is -0.132. The fraction of sp³-hybridized carbons (Fsp3) is 0.400. The van der Waals surface area contributed by atoms with Gasteiger partial charge in [-0.3, -0.25) is 43.5 Å². The molecule has 14 nitrogen and oxygen atoms in total. The van der Waals surface area contributed by atoms with Gasteiger partial charge in [0.15, 0.2) is 5.78 Å². The quantitative estimate of drug-likeness (QED) is 0.135. The zero-order valence-corrected chi connectivity index (χ0v) is 30.6. The molecule has 3 heterocycles. The first kappa shape index (κ1) is 37.8. The summed E-state index contributed by atoms with van der Waals surface area (Å²) in [6, 6.07) is 7.73. The number of nitrogens with one attached hydrogen (secondary N) is 2. The average Bonchev–Trinajstić information content (AvgIpc) is 3.75. The number of imide groups is 1. The van der Waals surface area contributed by atoms with E-state index in [9.17, 15) is 33.6 Å². The Labute approximate surface area is 311 Å². The molecule has 0 bridgehead atoms. The molecule has 1 unspecified atom stereocenters. The van der Waals surface area contributed by atoms with Gasteiger partial charge in [-0.2, -0.15) is 0 Å². The van der Waals surface area contributed by atoms with E-state index in [-0.39, 0.29) is 66.4 Å². The molecule has 1 fully saturated rings. The van der Waals surface area contributed by atoms with Crippen molar-refractivity contribution >= 4 is 41.4 Å². The smallest absolute Gasteiger partial charge is 0.262 e. The van der Waals surface area contributed by atoms with Gasteiger partial charge in [0.25, 0.3) is 17.4 Å². The molecule has 4 amide bonds. The van der Waals surface area contributed by atoms with Crippen LogP contribution in [0.25, 0.3) is 11.1 Å². The van der Waals surface area contributed by atoms with E-state index in [0.29, 0.717) is 67.9 Å². The van der Waals surface area contributed by atoms with Crippen molar-refractivity contribution in [2.75, 3.05) is 27.3 Å². The van der Waals surface area contributed by atoms with Crippen molar-refractivity contribution in [3.63, 3.8) is 0 Å². The third kappa shape index (κ3) is 7.87. The van der Waals surface area contributed by atoms with Crippen LogP contribution in [0, 0.1) is 0 Å². The van der Waals surface area contributed by atoms with Gasteiger partial charge >= 0.3 is 0 Å². The Morgan fingerprint density at radius 2 is 1.54 bits per heavy atom. The van der Waals surface area contributed by atoms with E-state index in [0.717, 1.165) is 27.2 Å². The van der Waals surface area contributed by atoms with E-state index in [4.69, 9.17) is 9.47 Å². The first-order valence-electron chi connectivity index (χ1n) is 18.1. The Morgan fingerprint density at radius 1 is 0.852 bits per heavy atom. The molecule has 3 aliphatic rings. The van der Waals surface area contributed by atoms with Crippen molar-refractivity contribution in [3.05, 3.63) is 80.3 Å². The third-order valence-corrected chi connectivity index (χ3v) is 10.1. The Balaban J connectivity index is 0.919. The van der Waals surface area contributed by atoms with Crippen LogP contribution < -0.4 is 25.7 Å². The summed E-state index contributed by atoms with van der Waals surface area (Å²) in [5.41, 5.74) is 5.02. The largest absolute Gasteiger partial charge is 0.496 e. The number of pyridine rings is 1. The topological polar surface area (TPSA) is 183 Å². The number of hydrogen-bond acceptors (Lipinski definition) is 10. The molecule has 14 heteroatoms. The highest BCUT2D eigenvalue weighted by Crippen LogP contribution is 2.38. The van der Waals surface area contributed by atoms with E-state index in [1.807, 2.05) is 12.1 Å². The summed E-state index contributed by atoms with van der Waals surface area (Å²) in [6.07, 6.45) is 5.96. The van der Waals surface area contributed by atoms with Gasteiger partial charge in [0, 0.05) is 74.1 Å². The average molecular weight is 738 g/mol. The lowest BCUT2D eigenvalue weighted by Crippen LogP contribution is -2.47. The fourth-order valence-corrected chi connectivity index (χ4v) is 7.24. The second-order valence-electron chi connectivity index (χ2n) is 13.7. The maximum Gasteiger partial charge on any atom is 0.262 e. The van der Waals surface area contributed by atoms with Crippen molar-refractivity contribution in [3.8, 4) is 22.6 Å². The predicted octanol–water partition coefficient (Wildman–Crippen LogP) is 2.87. The molecular weight excluding hydrogens is 694 g/mol. The Hall–Kier alpha value is -5.92.